The van der Waals surface area contributed by atoms with Gasteiger partial charge in [0.25, 0.3) is 5.91 Å². The lowest BCUT2D eigenvalue weighted by molar-refractivity contribution is -0.380. The van der Waals surface area contributed by atoms with Gasteiger partial charge < -0.3 is 0 Å². The average molecular weight is 440 g/mol. The summed E-state index contributed by atoms with van der Waals surface area (Å²) in [5.74, 6) is -0.725. The van der Waals surface area contributed by atoms with Crippen molar-refractivity contribution in [3.05, 3.63) is 87.0 Å². The maximum Gasteiger partial charge on any atom is 0.324 e. The lowest BCUT2D eigenvalue weighted by Crippen LogP contribution is -2.27. The highest BCUT2D eigenvalue weighted by molar-refractivity contribution is 7.22. The van der Waals surface area contributed by atoms with Crippen molar-refractivity contribution in [3.63, 3.8) is 0 Å². The maximum atomic E-state index is 13.5. The van der Waals surface area contributed by atoms with Crippen molar-refractivity contribution in [1.29, 1.82) is 0 Å². The second-order valence-electron chi connectivity index (χ2n) is 6.15. The first-order chi connectivity index (χ1) is 14.5. The molecule has 0 aliphatic carbocycles. The van der Waals surface area contributed by atoms with Crippen molar-refractivity contribution in [1.82, 2.24) is 4.98 Å². The summed E-state index contributed by atoms with van der Waals surface area (Å²) in [6.45, 7) is 0. The molecular formula is C20H13FN4O3S2. The van der Waals surface area contributed by atoms with Crippen molar-refractivity contribution in [2.24, 2.45) is 5.10 Å². The number of rotatable bonds is 6. The van der Waals surface area contributed by atoms with E-state index in [0.29, 0.717) is 20.2 Å². The van der Waals surface area contributed by atoms with E-state index in [9.17, 15) is 19.3 Å². The number of anilines is 1. The minimum absolute atomic E-state index is 0.0194. The van der Waals surface area contributed by atoms with E-state index in [4.69, 9.17) is 0 Å². The normalized spacial score (nSPS) is 11.2. The molecule has 1 amide bonds. The first kappa shape index (κ1) is 19.8. The topological polar surface area (TPSA) is 88.7 Å². The molecule has 30 heavy (non-hydrogen) atoms. The van der Waals surface area contributed by atoms with Crippen molar-refractivity contribution in [2.45, 2.75) is 6.42 Å². The number of aromatic nitrogens is 1. The van der Waals surface area contributed by atoms with E-state index < -0.39 is 10.7 Å². The fourth-order valence-corrected chi connectivity index (χ4v) is 4.32. The zero-order chi connectivity index (χ0) is 21.1. The number of fused-ring (bicyclic) bond motifs is 1. The van der Waals surface area contributed by atoms with E-state index in [1.54, 1.807) is 6.07 Å². The Morgan fingerprint density at radius 1 is 1.17 bits per heavy atom. The predicted octanol–water partition coefficient (Wildman–Crippen LogP) is 5.01. The molecule has 10 heteroatoms. The largest absolute Gasteiger partial charge is 0.324 e. The van der Waals surface area contributed by atoms with Crippen LogP contribution in [0.1, 0.15) is 10.4 Å². The van der Waals surface area contributed by atoms with Crippen LogP contribution in [0.3, 0.4) is 0 Å². The van der Waals surface area contributed by atoms with Gasteiger partial charge in [-0.3, -0.25) is 14.9 Å². The number of carbonyl (C=O) groups is 1. The van der Waals surface area contributed by atoms with Crippen LogP contribution < -0.4 is 5.01 Å². The van der Waals surface area contributed by atoms with Gasteiger partial charge in [-0.2, -0.15) is 10.1 Å². The molecule has 4 rings (SSSR count). The van der Waals surface area contributed by atoms with Crippen molar-refractivity contribution in [3.8, 4) is 0 Å². The minimum atomic E-state index is -0.484. The van der Waals surface area contributed by atoms with Gasteiger partial charge in [0.2, 0.25) is 5.13 Å². The molecule has 2 aromatic heterocycles. The molecule has 0 aliphatic rings. The monoisotopic (exact) mass is 440 g/mol. The summed E-state index contributed by atoms with van der Waals surface area (Å²) in [4.78, 5) is 28.3. The van der Waals surface area contributed by atoms with Crippen LogP contribution in [0.4, 0.5) is 14.5 Å². The summed E-state index contributed by atoms with van der Waals surface area (Å²) in [5.41, 5.74) is 1.36. The van der Waals surface area contributed by atoms with Crippen molar-refractivity contribution >= 4 is 55.1 Å². The Hall–Kier alpha value is -3.50. The van der Waals surface area contributed by atoms with Crippen LogP contribution in [-0.2, 0) is 11.2 Å². The van der Waals surface area contributed by atoms with Crippen molar-refractivity contribution < 1.29 is 14.1 Å². The molecule has 0 unspecified atom stereocenters. The van der Waals surface area contributed by atoms with Crippen molar-refractivity contribution in [2.75, 3.05) is 5.01 Å². The minimum Gasteiger partial charge on any atom is -0.272 e. The standard InChI is InChI=1S/C20H13FN4O3S2/c21-14-6-8-16-17(11-14)30-20(23-16)24(18(26)10-13-4-2-1-3-5-13)22-12-15-7-9-19(29-15)25(27)28/h1-9,11-12H,10H2/b22-12+. The van der Waals surface area contributed by atoms with Crippen LogP contribution in [0.5, 0.6) is 0 Å². The van der Waals surface area contributed by atoms with Gasteiger partial charge in [-0.15, -0.1) is 0 Å². The van der Waals surface area contributed by atoms with Crippen LogP contribution >= 0.6 is 22.7 Å². The summed E-state index contributed by atoms with van der Waals surface area (Å²) >= 11 is 2.09. The van der Waals surface area contributed by atoms with E-state index in [1.807, 2.05) is 30.3 Å². The van der Waals surface area contributed by atoms with E-state index >= 15 is 0 Å². The quantitative estimate of drug-likeness (QED) is 0.239. The first-order valence-corrected chi connectivity index (χ1v) is 10.3. The molecule has 0 saturated heterocycles. The van der Waals surface area contributed by atoms with Crippen LogP contribution in [0, 0.1) is 15.9 Å². The number of hydrazone groups is 1. The second kappa shape index (κ2) is 8.47. The first-order valence-electron chi connectivity index (χ1n) is 8.71. The maximum absolute atomic E-state index is 13.5. The molecule has 150 valence electrons. The number of thiophene rings is 1. The Bertz CT molecular complexity index is 1250. The third-order valence-corrected chi connectivity index (χ3v) is 6.01. The third kappa shape index (κ3) is 4.39. The molecule has 7 nitrogen and oxygen atoms in total. The second-order valence-corrected chi connectivity index (χ2v) is 8.26. The van der Waals surface area contributed by atoms with Gasteiger partial charge in [0.15, 0.2) is 0 Å². The number of benzene rings is 2. The van der Waals surface area contributed by atoms with Crippen LogP contribution in [0.25, 0.3) is 10.2 Å². The lowest BCUT2D eigenvalue weighted by atomic mass is 10.1. The summed E-state index contributed by atoms with van der Waals surface area (Å²) in [6.07, 6.45) is 1.47. The summed E-state index contributed by atoms with van der Waals surface area (Å²) < 4.78 is 14.1. The zero-order valence-electron chi connectivity index (χ0n) is 15.3. The fraction of sp³-hybridized carbons (Fsp3) is 0.0500. The molecule has 0 N–H and O–H groups in total. The Balaban J connectivity index is 1.68. The number of carbonyl (C=O) groups excluding carboxylic acids is 1. The number of halogens is 1. The number of nitro groups is 1. The van der Waals surface area contributed by atoms with Gasteiger partial charge >= 0.3 is 5.00 Å². The SMILES string of the molecule is O=C(Cc1ccccc1)N(/N=C/c1ccc([N+](=O)[O-])s1)c1nc2ccc(F)cc2s1. The molecular weight excluding hydrogens is 427 g/mol. The van der Waals surface area contributed by atoms with E-state index in [-0.39, 0.29) is 17.3 Å². The Morgan fingerprint density at radius 3 is 2.70 bits per heavy atom. The van der Waals surface area contributed by atoms with Gasteiger partial charge in [-0.05, 0) is 29.8 Å². The van der Waals surface area contributed by atoms with Crippen LogP contribution in [-0.4, -0.2) is 22.0 Å². The summed E-state index contributed by atoms with van der Waals surface area (Å²) in [5, 5.41) is 16.6. The van der Waals surface area contributed by atoms with Gasteiger partial charge in [0.1, 0.15) is 5.82 Å². The molecule has 0 radical (unpaired) electrons. The van der Waals surface area contributed by atoms with Crippen LogP contribution in [0.2, 0.25) is 0 Å². The Labute approximate surface area is 177 Å². The highest BCUT2D eigenvalue weighted by Gasteiger charge is 2.20. The van der Waals surface area contributed by atoms with Gasteiger partial charge in [-0.1, -0.05) is 53.0 Å². The number of amides is 1. The third-order valence-electron chi connectivity index (χ3n) is 4.05. The molecule has 0 atom stereocenters. The molecule has 4 aromatic rings. The molecule has 0 fully saturated rings. The molecule has 0 bridgehead atoms. The van der Waals surface area contributed by atoms with E-state index in [0.717, 1.165) is 33.2 Å². The predicted molar refractivity (Wildman–Crippen MR) is 116 cm³/mol. The summed E-state index contributed by atoms with van der Waals surface area (Å²) in [6, 6.07) is 16.3. The van der Waals surface area contributed by atoms with Gasteiger partial charge in [-0.25, -0.2) is 9.37 Å². The average Bonchev–Trinajstić information content (AvgIpc) is 3.36. The van der Waals surface area contributed by atoms with E-state index in [2.05, 4.69) is 10.1 Å². The summed E-state index contributed by atoms with van der Waals surface area (Å²) in [7, 11) is 0. The molecule has 2 aromatic carbocycles. The molecule has 2 heterocycles. The van der Waals surface area contributed by atoms with Gasteiger partial charge in [0.05, 0.1) is 32.7 Å². The molecule has 0 aliphatic heterocycles. The lowest BCUT2D eigenvalue weighted by Gasteiger charge is -2.13. The highest BCUT2D eigenvalue weighted by atomic mass is 32.1. The molecule has 0 spiro atoms. The number of nitrogens with zero attached hydrogens (tertiary/aromatic N) is 4. The van der Waals surface area contributed by atoms with Crippen LogP contribution in [0.15, 0.2) is 65.8 Å². The molecule has 0 saturated carbocycles. The van der Waals surface area contributed by atoms with Gasteiger partial charge in [0, 0.05) is 6.07 Å². The number of thiazole rings is 1. The van der Waals surface area contributed by atoms with E-state index in [1.165, 1.54) is 30.5 Å². The Kier molecular flexibility index (Phi) is 5.59. The highest BCUT2D eigenvalue weighted by Crippen LogP contribution is 2.30. The fourth-order valence-electron chi connectivity index (χ4n) is 2.67. The Morgan fingerprint density at radius 2 is 1.97 bits per heavy atom. The smallest absolute Gasteiger partial charge is 0.272 e. The number of hydrogen-bond acceptors (Lipinski definition) is 7. The zero-order valence-corrected chi connectivity index (χ0v) is 16.9. The number of hydrogen-bond donors (Lipinski definition) is 0.